The zero-order valence-corrected chi connectivity index (χ0v) is 23.4. The maximum absolute atomic E-state index is 13.2. The largest absolute Gasteiger partial charge is 0.493 e. The standard InChI is InChI=1S/C31H28N6O5/c1-18-27(31(40)37(36(18)3)23-8-6-5-7-9-23)30(39)34-22-13-10-20(11-14-22)28-29(32)33-17-24(35-28)21-12-15-25(42-19(2)38)26(16-21)41-4/h5-17H,1-4H3,(H2,32,33)(H,34,39). The Hall–Kier alpha value is -5.71. The molecule has 0 radical (unpaired) electrons. The number of carbonyl (C=O) groups excluding carboxylic acids is 2. The monoisotopic (exact) mass is 564 g/mol. The summed E-state index contributed by atoms with van der Waals surface area (Å²) < 4.78 is 13.7. The number of methoxy groups -OCH3 is 1. The second-order valence-corrected chi connectivity index (χ2v) is 9.42. The van der Waals surface area contributed by atoms with Gasteiger partial charge in [0, 0.05) is 30.8 Å². The summed E-state index contributed by atoms with van der Waals surface area (Å²) in [4.78, 5) is 46.8. The van der Waals surface area contributed by atoms with Gasteiger partial charge in [-0.1, -0.05) is 30.3 Å². The fourth-order valence-electron chi connectivity index (χ4n) is 4.55. The highest BCUT2D eigenvalue weighted by Gasteiger charge is 2.22. The molecular weight excluding hydrogens is 536 g/mol. The molecule has 2 aromatic heterocycles. The summed E-state index contributed by atoms with van der Waals surface area (Å²) in [6, 6.07) is 21.1. The molecule has 2 heterocycles. The highest BCUT2D eigenvalue weighted by atomic mass is 16.6. The number of nitrogens with one attached hydrogen (secondary N) is 1. The summed E-state index contributed by atoms with van der Waals surface area (Å²) in [5.41, 5.74) is 9.82. The molecule has 1 amide bonds. The number of esters is 1. The summed E-state index contributed by atoms with van der Waals surface area (Å²) >= 11 is 0. The number of hydrogen-bond donors (Lipinski definition) is 2. The van der Waals surface area contributed by atoms with Crippen LogP contribution in [0, 0.1) is 6.92 Å². The molecule has 0 bridgehead atoms. The molecule has 0 saturated heterocycles. The van der Waals surface area contributed by atoms with Gasteiger partial charge in [0.15, 0.2) is 11.5 Å². The average molecular weight is 565 g/mol. The minimum Gasteiger partial charge on any atom is -0.493 e. The highest BCUT2D eigenvalue weighted by Crippen LogP contribution is 2.33. The molecular formula is C31H28N6O5. The number of carbonyl (C=O) groups is 2. The lowest BCUT2D eigenvalue weighted by molar-refractivity contribution is -0.132. The molecule has 0 fully saturated rings. The Bertz CT molecular complexity index is 1860. The summed E-state index contributed by atoms with van der Waals surface area (Å²) in [5, 5.41) is 2.81. The second-order valence-electron chi connectivity index (χ2n) is 9.42. The van der Waals surface area contributed by atoms with E-state index in [1.807, 2.05) is 18.2 Å². The number of benzene rings is 3. The molecule has 11 heteroatoms. The molecule has 42 heavy (non-hydrogen) atoms. The van der Waals surface area contributed by atoms with Crippen LogP contribution in [0.5, 0.6) is 11.5 Å². The lowest BCUT2D eigenvalue weighted by Crippen LogP contribution is -2.25. The Kier molecular flexibility index (Phi) is 7.57. The number of hydrogen-bond acceptors (Lipinski definition) is 8. The molecule has 0 unspecified atom stereocenters. The van der Waals surface area contributed by atoms with Crippen LogP contribution in [0.3, 0.4) is 0 Å². The van der Waals surface area contributed by atoms with Gasteiger partial charge < -0.3 is 20.5 Å². The van der Waals surface area contributed by atoms with Gasteiger partial charge >= 0.3 is 5.97 Å². The predicted octanol–water partition coefficient (Wildman–Crippen LogP) is 4.38. The van der Waals surface area contributed by atoms with Crippen LogP contribution in [0.25, 0.3) is 28.2 Å². The van der Waals surface area contributed by atoms with Gasteiger partial charge in [-0.3, -0.25) is 19.1 Å². The van der Waals surface area contributed by atoms with Gasteiger partial charge in [-0.05, 0) is 49.4 Å². The van der Waals surface area contributed by atoms with E-state index in [4.69, 9.17) is 20.2 Å². The molecule has 3 N–H and O–H groups in total. The molecule has 0 atom stereocenters. The third kappa shape index (κ3) is 5.35. The van der Waals surface area contributed by atoms with Crippen LogP contribution < -0.4 is 26.1 Å². The van der Waals surface area contributed by atoms with E-state index in [1.165, 1.54) is 24.9 Å². The first-order valence-electron chi connectivity index (χ1n) is 12.9. The summed E-state index contributed by atoms with van der Waals surface area (Å²) in [6.07, 6.45) is 1.54. The van der Waals surface area contributed by atoms with Crippen molar-refractivity contribution in [3.05, 3.63) is 101 Å². The third-order valence-corrected chi connectivity index (χ3v) is 6.71. The molecule has 212 valence electrons. The lowest BCUT2D eigenvalue weighted by atomic mass is 10.1. The number of nitrogen functional groups attached to an aromatic ring is 1. The van der Waals surface area contributed by atoms with Crippen molar-refractivity contribution in [1.82, 2.24) is 19.3 Å². The van der Waals surface area contributed by atoms with Crippen molar-refractivity contribution in [1.29, 1.82) is 0 Å². The van der Waals surface area contributed by atoms with Gasteiger partial charge in [-0.25, -0.2) is 14.6 Å². The fourth-order valence-corrected chi connectivity index (χ4v) is 4.55. The van der Waals surface area contributed by atoms with E-state index in [0.29, 0.717) is 51.1 Å². The maximum Gasteiger partial charge on any atom is 0.308 e. The quantitative estimate of drug-likeness (QED) is 0.219. The van der Waals surface area contributed by atoms with Gasteiger partial charge in [-0.2, -0.15) is 0 Å². The van der Waals surface area contributed by atoms with Crippen LogP contribution in [-0.2, 0) is 11.8 Å². The van der Waals surface area contributed by atoms with Crippen molar-refractivity contribution in [2.24, 2.45) is 7.05 Å². The van der Waals surface area contributed by atoms with E-state index < -0.39 is 17.4 Å². The molecule has 0 saturated carbocycles. The van der Waals surface area contributed by atoms with Crippen molar-refractivity contribution >= 4 is 23.4 Å². The van der Waals surface area contributed by atoms with E-state index in [9.17, 15) is 14.4 Å². The molecule has 3 aromatic carbocycles. The Morgan fingerprint density at radius 3 is 2.31 bits per heavy atom. The third-order valence-electron chi connectivity index (χ3n) is 6.71. The van der Waals surface area contributed by atoms with E-state index >= 15 is 0 Å². The van der Waals surface area contributed by atoms with Crippen molar-refractivity contribution in [3.8, 4) is 39.7 Å². The van der Waals surface area contributed by atoms with Crippen LogP contribution in [0.4, 0.5) is 11.5 Å². The van der Waals surface area contributed by atoms with E-state index in [1.54, 1.807) is 73.3 Å². The van der Waals surface area contributed by atoms with Crippen LogP contribution in [0.15, 0.2) is 83.8 Å². The van der Waals surface area contributed by atoms with Crippen molar-refractivity contribution in [2.75, 3.05) is 18.2 Å². The minimum absolute atomic E-state index is 0.0587. The smallest absolute Gasteiger partial charge is 0.308 e. The van der Waals surface area contributed by atoms with E-state index in [0.717, 1.165) is 0 Å². The van der Waals surface area contributed by atoms with E-state index in [-0.39, 0.29) is 11.4 Å². The number of aromatic nitrogens is 4. The first kappa shape index (κ1) is 27.8. The molecule has 0 spiro atoms. The Morgan fingerprint density at radius 1 is 0.952 bits per heavy atom. The van der Waals surface area contributed by atoms with Crippen molar-refractivity contribution in [3.63, 3.8) is 0 Å². The van der Waals surface area contributed by atoms with Gasteiger partial charge in [0.25, 0.3) is 11.5 Å². The minimum atomic E-state index is -0.511. The van der Waals surface area contributed by atoms with Gasteiger partial charge in [0.2, 0.25) is 0 Å². The fraction of sp³-hybridized carbons (Fsp3) is 0.129. The number of rotatable bonds is 7. The first-order valence-corrected chi connectivity index (χ1v) is 12.9. The summed E-state index contributed by atoms with van der Waals surface area (Å²) in [7, 11) is 3.21. The first-order chi connectivity index (χ1) is 20.2. The van der Waals surface area contributed by atoms with Crippen molar-refractivity contribution in [2.45, 2.75) is 13.8 Å². The van der Waals surface area contributed by atoms with Crippen LogP contribution >= 0.6 is 0 Å². The summed E-state index contributed by atoms with van der Waals surface area (Å²) in [5.74, 6) is -0.0892. The molecule has 0 aliphatic rings. The highest BCUT2D eigenvalue weighted by molar-refractivity contribution is 6.05. The number of nitrogens with two attached hydrogens (primary N) is 1. The number of para-hydroxylation sites is 1. The Labute approximate surface area is 241 Å². The SMILES string of the molecule is COc1cc(-c2cnc(N)c(-c3ccc(NC(=O)c4c(C)n(C)n(-c5ccccc5)c4=O)cc3)n2)ccc1OC(C)=O. The topological polar surface area (TPSA) is 143 Å². The zero-order valence-electron chi connectivity index (χ0n) is 23.4. The second kappa shape index (κ2) is 11.4. The zero-order chi connectivity index (χ0) is 30.0. The van der Waals surface area contributed by atoms with Gasteiger partial charge in [-0.15, -0.1) is 0 Å². The van der Waals surface area contributed by atoms with Gasteiger partial charge in [0.05, 0.1) is 30.4 Å². The molecule has 11 nitrogen and oxygen atoms in total. The molecule has 0 aliphatic heterocycles. The normalized spacial score (nSPS) is 10.8. The predicted molar refractivity (Wildman–Crippen MR) is 159 cm³/mol. The van der Waals surface area contributed by atoms with Crippen LogP contribution in [0.1, 0.15) is 23.0 Å². The lowest BCUT2D eigenvalue weighted by Gasteiger charge is -2.11. The van der Waals surface area contributed by atoms with Crippen LogP contribution in [-0.4, -0.2) is 38.3 Å². The Morgan fingerprint density at radius 2 is 1.64 bits per heavy atom. The molecule has 5 aromatic rings. The molecule has 0 aliphatic carbocycles. The number of ether oxygens (including phenoxy) is 2. The number of amides is 1. The van der Waals surface area contributed by atoms with Crippen molar-refractivity contribution < 1.29 is 19.1 Å². The van der Waals surface area contributed by atoms with Crippen LogP contribution in [0.2, 0.25) is 0 Å². The molecule has 5 rings (SSSR count). The maximum atomic E-state index is 13.2. The number of anilines is 2. The Balaban J connectivity index is 1.39. The summed E-state index contributed by atoms with van der Waals surface area (Å²) in [6.45, 7) is 3.04. The van der Waals surface area contributed by atoms with Gasteiger partial charge in [0.1, 0.15) is 17.1 Å². The average Bonchev–Trinajstić information content (AvgIpc) is 3.21. The number of nitrogens with zero attached hydrogens (tertiary/aromatic N) is 4. The van der Waals surface area contributed by atoms with E-state index in [2.05, 4.69) is 10.3 Å².